The zero-order chi connectivity index (χ0) is 53.4. The number of phenols is 4. The van der Waals surface area contributed by atoms with Crippen molar-refractivity contribution in [3.63, 3.8) is 0 Å². The van der Waals surface area contributed by atoms with E-state index in [9.17, 15) is 29.7 Å². The van der Waals surface area contributed by atoms with Crippen molar-refractivity contribution < 1.29 is 64.4 Å². The van der Waals surface area contributed by atoms with Crippen molar-refractivity contribution in [3.8, 4) is 40.4 Å². The second-order valence-corrected chi connectivity index (χ2v) is 16.0. The van der Waals surface area contributed by atoms with Gasteiger partial charge in [-0.05, 0) is 116 Å². The SMILES string of the molecule is CCCN(CCCl)c1ccc(OC(=O)NCCc2ccc(O)c(O)c2)cc1.CNC(=O)NCCc1ccc(O)[n+](O)c1.COC(=S)NCCc1cc(=O)c(O)c[nH]1.COC(=S)NCCc1ccc(O)c(O)c1. The summed E-state index contributed by atoms with van der Waals surface area (Å²) in [4.78, 5) is 38.7. The number of carbonyl (C=O) groups is 2. The Morgan fingerprint density at radius 1 is 0.681 bits per heavy atom. The lowest BCUT2D eigenvalue weighted by atomic mass is 10.1. The van der Waals surface area contributed by atoms with Gasteiger partial charge in [-0.1, -0.05) is 19.1 Å². The molecule has 3 amide bonds. The fraction of sp³-hybridized carbons (Fsp3) is 0.333. The Labute approximate surface area is 432 Å². The number of pyridine rings is 2. The van der Waals surface area contributed by atoms with Crippen LogP contribution in [0.2, 0.25) is 0 Å². The third-order valence-electron chi connectivity index (χ3n) is 9.59. The van der Waals surface area contributed by atoms with E-state index in [1.807, 2.05) is 12.1 Å². The molecule has 0 unspecified atom stereocenters. The van der Waals surface area contributed by atoms with Crippen molar-refractivity contribution in [3.05, 3.63) is 124 Å². The van der Waals surface area contributed by atoms with Crippen molar-refractivity contribution in [1.82, 2.24) is 31.6 Å². The van der Waals surface area contributed by atoms with Crippen LogP contribution in [0.5, 0.6) is 40.4 Å². The average Bonchev–Trinajstić information content (AvgIpc) is 3.36. The quantitative estimate of drug-likeness (QED) is 0.0188. The highest BCUT2D eigenvalue weighted by Gasteiger charge is 2.10. The number of nitrogens with zero attached hydrogens (tertiary/aromatic N) is 2. The molecule has 0 fully saturated rings. The third-order valence-corrected chi connectivity index (χ3v) is 10.4. The number of hydrogen-bond donors (Lipinski definition) is 13. The van der Waals surface area contributed by atoms with E-state index in [-0.39, 0.29) is 40.7 Å². The lowest BCUT2D eigenvalue weighted by molar-refractivity contribution is -0.907. The van der Waals surface area contributed by atoms with Gasteiger partial charge in [0.25, 0.3) is 10.3 Å². The van der Waals surface area contributed by atoms with Crippen LogP contribution in [-0.2, 0) is 35.2 Å². The topological polar surface area (TPSA) is 304 Å². The fourth-order valence-corrected chi connectivity index (χ4v) is 6.26. The molecule has 2 aromatic heterocycles. The summed E-state index contributed by atoms with van der Waals surface area (Å²) in [6.45, 7) is 5.79. The van der Waals surface area contributed by atoms with Gasteiger partial charge in [-0.2, -0.15) is 0 Å². The molecule has 0 bridgehead atoms. The molecule has 0 aliphatic heterocycles. The van der Waals surface area contributed by atoms with Gasteiger partial charge < -0.3 is 81.3 Å². The molecule has 0 radical (unpaired) electrons. The number of anilines is 1. The summed E-state index contributed by atoms with van der Waals surface area (Å²) in [6.07, 6.45) is 5.51. The molecule has 392 valence electrons. The Bertz CT molecular complexity index is 2450. The van der Waals surface area contributed by atoms with E-state index in [4.69, 9.17) is 70.8 Å². The Kier molecular flexibility index (Phi) is 28.4. The van der Waals surface area contributed by atoms with Crippen LogP contribution in [0, 0.1) is 0 Å². The third kappa shape index (κ3) is 24.3. The van der Waals surface area contributed by atoms with Crippen LogP contribution in [-0.4, -0.2) is 130 Å². The monoisotopic (exact) mass is 1060 g/mol. The first kappa shape index (κ1) is 60.5. The van der Waals surface area contributed by atoms with E-state index in [1.54, 1.807) is 30.3 Å². The minimum atomic E-state index is -0.545. The zero-order valence-corrected chi connectivity index (χ0v) is 42.7. The van der Waals surface area contributed by atoms with Crippen molar-refractivity contribution in [1.29, 1.82) is 0 Å². The van der Waals surface area contributed by atoms with E-state index in [2.05, 4.69) is 43.4 Å². The summed E-state index contributed by atoms with van der Waals surface area (Å²) in [6, 6.07) is 20.8. The van der Waals surface area contributed by atoms with Gasteiger partial charge in [0, 0.05) is 92.6 Å². The first-order valence-corrected chi connectivity index (χ1v) is 23.6. The van der Waals surface area contributed by atoms with Gasteiger partial charge in [0.05, 0.1) is 20.3 Å². The van der Waals surface area contributed by atoms with Crippen LogP contribution < -0.4 is 46.4 Å². The Morgan fingerprint density at radius 2 is 1.21 bits per heavy atom. The molecule has 5 aromatic rings. The van der Waals surface area contributed by atoms with Crippen molar-refractivity contribution in [2.75, 3.05) is 71.3 Å². The van der Waals surface area contributed by atoms with Gasteiger partial charge in [0.15, 0.2) is 28.7 Å². The maximum absolute atomic E-state index is 11.9. The largest absolute Gasteiger partial charge is 0.504 e. The summed E-state index contributed by atoms with van der Waals surface area (Å²) in [5.41, 5.74) is 3.90. The summed E-state index contributed by atoms with van der Waals surface area (Å²) >= 11 is 15.4. The Hall–Kier alpha value is -7.63. The number of methoxy groups -OCH3 is 2. The average molecular weight is 1060 g/mol. The van der Waals surface area contributed by atoms with Gasteiger partial charge in [0.1, 0.15) is 5.75 Å². The van der Waals surface area contributed by atoms with Crippen LogP contribution in [0.4, 0.5) is 15.3 Å². The van der Waals surface area contributed by atoms with Crippen LogP contribution in [0.25, 0.3) is 0 Å². The number of benzene rings is 3. The highest BCUT2D eigenvalue weighted by atomic mass is 35.5. The maximum Gasteiger partial charge on any atom is 0.414 e. The number of aromatic nitrogens is 2. The van der Waals surface area contributed by atoms with E-state index in [0.29, 0.717) is 78.6 Å². The molecular weight excluding hydrogens is 996 g/mol. The number of hydrogen-bond acceptors (Lipinski definition) is 16. The molecule has 0 saturated heterocycles. The van der Waals surface area contributed by atoms with Crippen molar-refractivity contribution >= 4 is 64.2 Å². The number of urea groups is 1. The smallest absolute Gasteiger partial charge is 0.414 e. The second kappa shape index (κ2) is 33.8. The molecule has 0 aliphatic carbocycles. The predicted octanol–water partition coefficient (Wildman–Crippen LogP) is 4.58. The van der Waals surface area contributed by atoms with E-state index in [0.717, 1.165) is 47.6 Å². The summed E-state index contributed by atoms with van der Waals surface area (Å²) in [7, 11) is 4.52. The molecule has 3 aromatic carbocycles. The molecule has 0 spiro atoms. The number of amides is 3. The number of carbonyl (C=O) groups excluding carboxylic acids is 2. The molecule has 0 aliphatic rings. The number of alkyl halides is 1. The molecule has 24 heteroatoms. The number of H-pyrrole nitrogens is 1. The van der Waals surface area contributed by atoms with E-state index < -0.39 is 11.5 Å². The van der Waals surface area contributed by atoms with E-state index in [1.165, 1.54) is 70.1 Å². The second-order valence-electron chi connectivity index (χ2n) is 14.9. The van der Waals surface area contributed by atoms with Crippen LogP contribution >= 0.6 is 36.0 Å². The number of rotatable bonds is 18. The molecule has 72 heavy (non-hydrogen) atoms. The lowest BCUT2D eigenvalue weighted by Crippen LogP contribution is -2.34. The first-order chi connectivity index (χ1) is 34.4. The Balaban J connectivity index is 0.000000344. The zero-order valence-electron chi connectivity index (χ0n) is 40.3. The molecule has 0 atom stereocenters. The molecule has 21 nitrogen and oxygen atoms in total. The normalized spacial score (nSPS) is 9.96. The lowest BCUT2D eigenvalue weighted by Gasteiger charge is -2.23. The van der Waals surface area contributed by atoms with Crippen molar-refractivity contribution in [2.45, 2.75) is 39.0 Å². The minimum absolute atomic E-state index is 0.109. The van der Waals surface area contributed by atoms with Gasteiger partial charge in [0.2, 0.25) is 11.6 Å². The number of phenolic OH excluding ortho intramolecular Hbond substituents is 4. The number of nitrogens with one attached hydrogen (secondary N) is 6. The fourth-order valence-electron chi connectivity index (χ4n) is 5.85. The van der Waals surface area contributed by atoms with Gasteiger partial charge in [-0.25, -0.2) is 9.59 Å². The van der Waals surface area contributed by atoms with Crippen LogP contribution in [0.1, 0.15) is 35.7 Å². The number of halogens is 1. The van der Waals surface area contributed by atoms with Gasteiger partial charge >= 0.3 is 18.0 Å². The molecular formula is C48H64ClN8O13S2+. The summed E-state index contributed by atoms with van der Waals surface area (Å²) < 4.78 is 15.4. The highest BCUT2D eigenvalue weighted by Crippen LogP contribution is 2.26. The van der Waals surface area contributed by atoms with Crippen LogP contribution in [0.15, 0.2) is 96.1 Å². The van der Waals surface area contributed by atoms with Crippen LogP contribution in [0.3, 0.4) is 0 Å². The van der Waals surface area contributed by atoms with Gasteiger partial charge in [-0.15, -0.1) is 11.6 Å². The number of aromatic amines is 1. The number of thiocarbonyl (C=S) groups is 2. The first-order valence-electron chi connectivity index (χ1n) is 22.2. The minimum Gasteiger partial charge on any atom is -0.504 e. The molecule has 13 N–H and O–H groups in total. The molecule has 0 saturated carbocycles. The molecule has 5 rings (SSSR count). The van der Waals surface area contributed by atoms with Gasteiger partial charge in [-0.3, -0.25) is 10.0 Å². The summed E-state index contributed by atoms with van der Waals surface area (Å²) in [5.74, 6) is -0.0575. The number of aromatic hydroxyl groups is 6. The maximum atomic E-state index is 11.9. The summed E-state index contributed by atoms with van der Waals surface area (Å²) in [5, 5.41) is 78.3. The Morgan fingerprint density at radius 3 is 1.71 bits per heavy atom. The van der Waals surface area contributed by atoms with E-state index >= 15 is 0 Å². The standard InChI is InChI=1S/C20H25ClN2O4.C10H13NO3S.C9H13N3O3.C9H12N2O3S/c1-2-12-23(13-10-21)16-4-6-17(7-5-16)27-20(26)22-11-9-15-3-8-18(24)19(25)14-15;1-14-10(15)11-5-4-7-2-3-8(12)9(13)6-7;1-10-9(14)11-5-4-7-2-3-8(13)12(15)6-7;1-14-9(15)10-3-2-6-4-7(12)8(13)5-11-6/h3-8,14,24-25H,2,9-13H2,1H3,(H,22,26);2-3,6,12-13H,4-5H2,1H3,(H,11,15);2-3,6,15H,4-5H2,1H3,(H2,10,11,14);4-5,13H,2-3H2,1H3,(H,10,15)(H,11,12)/p+1. The highest BCUT2D eigenvalue weighted by molar-refractivity contribution is 7.80. The number of ether oxygens (including phenoxy) is 3. The predicted molar refractivity (Wildman–Crippen MR) is 280 cm³/mol. The molecule has 2 heterocycles. The van der Waals surface area contributed by atoms with Crippen molar-refractivity contribution in [2.24, 2.45) is 0 Å².